The van der Waals surface area contributed by atoms with E-state index in [9.17, 15) is 0 Å². The molecule has 0 radical (unpaired) electrons. The smallest absolute Gasteiger partial charge is 0.261 e. The Morgan fingerprint density at radius 1 is 1.44 bits per heavy atom. The van der Waals surface area contributed by atoms with Gasteiger partial charge in [0.15, 0.2) is 5.82 Å². The van der Waals surface area contributed by atoms with Crippen LogP contribution in [-0.4, -0.2) is 23.9 Å². The van der Waals surface area contributed by atoms with Crippen LogP contribution in [0.25, 0.3) is 11.5 Å². The molecule has 0 aliphatic carbocycles. The minimum atomic E-state index is -0.775. The van der Waals surface area contributed by atoms with Crippen LogP contribution in [0, 0.1) is 13.8 Å². The van der Waals surface area contributed by atoms with Crippen molar-refractivity contribution >= 4 is 0 Å². The molecular formula is C12H17N3O3. The third-order valence-electron chi connectivity index (χ3n) is 2.65. The maximum atomic E-state index is 6.05. The first-order valence-electron chi connectivity index (χ1n) is 5.63. The first-order chi connectivity index (χ1) is 8.44. The van der Waals surface area contributed by atoms with Crippen molar-refractivity contribution < 1.29 is 13.7 Å². The van der Waals surface area contributed by atoms with E-state index >= 15 is 0 Å². The van der Waals surface area contributed by atoms with Crippen molar-refractivity contribution in [2.24, 2.45) is 5.73 Å². The number of nitrogens with zero attached hydrogens (tertiary/aromatic N) is 2. The molecule has 2 N–H and O–H groups in total. The lowest BCUT2D eigenvalue weighted by molar-refractivity contribution is 0.135. The van der Waals surface area contributed by atoms with Crippen LogP contribution in [0.2, 0.25) is 0 Å². The summed E-state index contributed by atoms with van der Waals surface area (Å²) in [6.07, 6.45) is 0. The van der Waals surface area contributed by atoms with E-state index in [4.69, 9.17) is 19.4 Å². The highest BCUT2D eigenvalue weighted by Gasteiger charge is 2.28. The molecule has 0 aliphatic rings. The number of rotatable bonds is 4. The summed E-state index contributed by atoms with van der Waals surface area (Å²) in [5.41, 5.74) is 6.07. The van der Waals surface area contributed by atoms with Gasteiger partial charge in [-0.25, -0.2) is 0 Å². The van der Waals surface area contributed by atoms with Gasteiger partial charge in [0.25, 0.3) is 5.89 Å². The summed E-state index contributed by atoms with van der Waals surface area (Å²) >= 11 is 0. The molecule has 0 saturated carbocycles. The molecule has 6 nitrogen and oxygen atoms in total. The molecule has 18 heavy (non-hydrogen) atoms. The second-order valence-corrected chi connectivity index (χ2v) is 4.60. The standard InChI is InChI=1S/C12H17N3O3/c1-7-5-9(8(2)17-7)10-14-11(15-18-10)12(3,13)6-16-4/h5H,6,13H2,1-4H3. The van der Waals surface area contributed by atoms with Crippen LogP contribution in [0.1, 0.15) is 24.3 Å². The molecule has 0 aliphatic heterocycles. The predicted octanol–water partition coefficient (Wildman–Crippen LogP) is 1.77. The molecule has 2 rings (SSSR count). The number of aromatic nitrogens is 2. The topological polar surface area (TPSA) is 87.3 Å². The zero-order valence-corrected chi connectivity index (χ0v) is 11.0. The van der Waals surface area contributed by atoms with Gasteiger partial charge in [0.2, 0.25) is 0 Å². The summed E-state index contributed by atoms with van der Waals surface area (Å²) in [7, 11) is 1.58. The van der Waals surface area contributed by atoms with Gasteiger partial charge in [0, 0.05) is 7.11 Å². The number of hydrogen-bond acceptors (Lipinski definition) is 6. The monoisotopic (exact) mass is 251 g/mol. The minimum absolute atomic E-state index is 0.315. The Balaban J connectivity index is 2.34. The van der Waals surface area contributed by atoms with E-state index in [0.717, 1.165) is 17.1 Å². The molecule has 1 atom stereocenters. The van der Waals surface area contributed by atoms with Gasteiger partial charge in [-0.2, -0.15) is 4.98 Å². The zero-order chi connectivity index (χ0) is 13.3. The molecule has 1 unspecified atom stereocenters. The van der Waals surface area contributed by atoms with Crippen molar-refractivity contribution in [3.8, 4) is 11.5 Å². The third kappa shape index (κ3) is 2.30. The zero-order valence-electron chi connectivity index (χ0n) is 11.0. The Hall–Kier alpha value is -1.66. The fourth-order valence-electron chi connectivity index (χ4n) is 1.77. The van der Waals surface area contributed by atoms with E-state index < -0.39 is 5.54 Å². The number of aryl methyl sites for hydroxylation is 2. The Kier molecular flexibility index (Phi) is 3.23. The number of nitrogens with two attached hydrogens (primary N) is 1. The quantitative estimate of drug-likeness (QED) is 0.891. The van der Waals surface area contributed by atoms with Gasteiger partial charge in [-0.05, 0) is 26.8 Å². The molecular weight excluding hydrogens is 234 g/mol. The average Bonchev–Trinajstić information content (AvgIpc) is 2.85. The van der Waals surface area contributed by atoms with Crippen LogP contribution < -0.4 is 5.73 Å². The van der Waals surface area contributed by atoms with Crippen molar-refractivity contribution in [2.45, 2.75) is 26.3 Å². The van der Waals surface area contributed by atoms with Gasteiger partial charge in [-0.1, -0.05) is 5.16 Å². The van der Waals surface area contributed by atoms with E-state index in [1.54, 1.807) is 14.0 Å². The number of ether oxygens (including phenoxy) is 1. The van der Waals surface area contributed by atoms with E-state index in [1.807, 2.05) is 19.9 Å². The maximum Gasteiger partial charge on any atom is 0.261 e. The molecule has 0 saturated heterocycles. The fourth-order valence-corrected chi connectivity index (χ4v) is 1.77. The molecule has 0 amide bonds. The Morgan fingerprint density at radius 2 is 2.17 bits per heavy atom. The normalized spacial score (nSPS) is 14.7. The Labute approximate surface area is 105 Å². The lowest BCUT2D eigenvalue weighted by Crippen LogP contribution is -2.38. The average molecular weight is 251 g/mol. The number of hydrogen-bond donors (Lipinski definition) is 1. The van der Waals surface area contributed by atoms with Crippen molar-refractivity contribution in [2.75, 3.05) is 13.7 Å². The van der Waals surface area contributed by atoms with Crippen LogP contribution in [-0.2, 0) is 10.3 Å². The van der Waals surface area contributed by atoms with Gasteiger partial charge < -0.3 is 19.4 Å². The van der Waals surface area contributed by atoms with Crippen molar-refractivity contribution in [1.29, 1.82) is 0 Å². The van der Waals surface area contributed by atoms with E-state index in [2.05, 4.69) is 10.1 Å². The van der Waals surface area contributed by atoms with Gasteiger partial charge in [-0.15, -0.1) is 0 Å². The lowest BCUT2D eigenvalue weighted by atomic mass is 10.1. The largest absolute Gasteiger partial charge is 0.466 e. The predicted molar refractivity (Wildman–Crippen MR) is 64.9 cm³/mol. The molecule has 0 spiro atoms. The Morgan fingerprint density at radius 3 is 2.72 bits per heavy atom. The number of methoxy groups -OCH3 is 1. The minimum Gasteiger partial charge on any atom is -0.466 e. The number of furan rings is 1. The van der Waals surface area contributed by atoms with Crippen LogP contribution in [0.3, 0.4) is 0 Å². The summed E-state index contributed by atoms with van der Waals surface area (Å²) in [5, 5.41) is 3.90. The molecule has 2 heterocycles. The van der Waals surface area contributed by atoms with E-state index in [0.29, 0.717) is 18.3 Å². The summed E-state index contributed by atoms with van der Waals surface area (Å²) in [5.74, 6) is 2.37. The second kappa shape index (κ2) is 4.55. The second-order valence-electron chi connectivity index (χ2n) is 4.60. The first-order valence-corrected chi connectivity index (χ1v) is 5.63. The molecule has 0 aromatic carbocycles. The molecule has 98 valence electrons. The van der Waals surface area contributed by atoms with Crippen LogP contribution >= 0.6 is 0 Å². The SMILES string of the molecule is COCC(C)(N)c1noc(-c2cc(C)oc2C)n1. The van der Waals surface area contributed by atoms with Crippen LogP contribution in [0.5, 0.6) is 0 Å². The molecule has 0 fully saturated rings. The summed E-state index contributed by atoms with van der Waals surface area (Å²) in [4.78, 5) is 4.30. The Bertz CT molecular complexity index is 543. The van der Waals surface area contributed by atoms with Crippen LogP contribution in [0.4, 0.5) is 0 Å². The van der Waals surface area contributed by atoms with Crippen molar-refractivity contribution in [3.05, 3.63) is 23.4 Å². The maximum absolute atomic E-state index is 6.05. The lowest BCUT2D eigenvalue weighted by Gasteiger charge is -2.18. The van der Waals surface area contributed by atoms with Gasteiger partial charge in [0.1, 0.15) is 17.1 Å². The van der Waals surface area contributed by atoms with Gasteiger partial charge in [-0.3, -0.25) is 0 Å². The van der Waals surface area contributed by atoms with Gasteiger partial charge >= 0.3 is 0 Å². The highest BCUT2D eigenvalue weighted by Crippen LogP contribution is 2.26. The molecule has 0 bridgehead atoms. The molecule has 2 aromatic heterocycles. The molecule has 6 heteroatoms. The first kappa shape index (κ1) is 12.8. The van der Waals surface area contributed by atoms with Crippen molar-refractivity contribution in [3.63, 3.8) is 0 Å². The molecule has 2 aromatic rings. The third-order valence-corrected chi connectivity index (χ3v) is 2.65. The summed E-state index contributed by atoms with van der Waals surface area (Å²) in [6.45, 7) is 5.82. The highest BCUT2D eigenvalue weighted by atomic mass is 16.5. The highest BCUT2D eigenvalue weighted by molar-refractivity contribution is 5.56. The van der Waals surface area contributed by atoms with Gasteiger partial charge in [0.05, 0.1) is 12.2 Å². The van der Waals surface area contributed by atoms with E-state index in [1.165, 1.54) is 0 Å². The van der Waals surface area contributed by atoms with Crippen LogP contribution in [0.15, 0.2) is 15.0 Å². The van der Waals surface area contributed by atoms with Crippen molar-refractivity contribution in [1.82, 2.24) is 10.1 Å². The fraction of sp³-hybridized carbons (Fsp3) is 0.500. The summed E-state index contributed by atoms with van der Waals surface area (Å²) in [6, 6.07) is 1.86. The van der Waals surface area contributed by atoms with E-state index in [-0.39, 0.29) is 0 Å². The summed E-state index contributed by atoms with van der Waals surface area (Å²) < 4.78 is 15.7.